The van der Waals surface area contributed by atoms with Gasteiger partial charge in [0.2, 0.25) is 11.6 Å². The van der Waals surface area contributed by atoms with Crippen LogP contribution < -0.4 is 10.9 Å². The van der Waals surface area contributed by atoms with Crippen molar-refractivity contribution >= 4 is 11.6 Å². The SMILES string of the molecule is CC(C)CNC(=O)CCCc1nnc2c(=O)n(-c3cccc(F)c3)ccn12. The molecule has 3 aromatic rings. The van der Waals surface area contributed by atoms with Crippen LogP contribution in [0.3, 0.4) is 0 Å². The van der Waals surface area contributed by atoms with E-state index in [-0.39, 0.29) is 17.1 Å². The van der Waals surface area contributed by atoms with Crippen molar-refractivity contribution < 1.29 is 9.18 Å². The van der Waals surface area contributed by atoms with Gasteiger partial charge in [0.05, 0.1) is 5.69 Å². The molecule has 0 saturated heterocycles. The van der Waals surface area contributed by atoms with E-state index in [0.29, 0.717) is 43.2 Å². The Kier molecular flexibility index (Phi) is 5.63. The third-order valence-electron chi connectivity index (χ3n) is 4.14. The van der Waals surface area contributed by atoms with Crippen molar-refractivity contribution in [2.75, 3.05) is 6.54 Å². The number of carbonyl (C=O) groups is 1. The van der Waals surface area contributed by atoms with Crippen molar-refractivity contribution in [1.29, 1.82) is 0 Å². The number of hydrogen-bond acceptors (Lipinski definition) is 4. The fraction of sp³-hybridized carbons (Fsp3) is 0.368. The van der Waals surface area contributed by atoms with Gasteiger partial charge in [-0.3, -0.25) is 18.6 Å². The van der Waals surface area contributed by atoms with Gasteiger partial charge in [-0.2, -0.15) is 0 Å². The number of nitrogens with one attached hydrogen (secondary N) is 1. The molecule has 0 atom stereocenters. The van der Waals surface area contributed by atoms with Crippen LogP contribution in [-0.2, 0) is 11.2 Å². The van der Waals surface area contributed by atoms with Gasteiger partial charge in [0.25, 0.3) is 0 Å². The molecule has 0 fully saturated rings. The maximum atomic E-state index is 13.4. The number of aryl methyl sites for hydroxylation is 1. The first-order valence-electron chi connectivity index (χ1n) is 8.93. The minimum absolute atomic E-state index is 0.00554. The van der Waals surface area contributed by atoms with E-state index >= 15 is 0 Å². The van der Waals surface area contributed by atoms with E-state index in [1.165, 1.54) is 16.7 Å². The normalized spacial score (nSPS) is 11.3. The van der Waals surface area contributed by atoms with Crippen molar-refractivity contribution in [3.8, 4) is 5.69 Å². The van der Waals surface area contributed by atoms with E-state index < -0.39 is 5.82 Å². The number of fused-ring (bicyclic) bond motifs is 1. The lowest BCUT2D eigenvalue weighted by atomic mass is 10.2. The van der Waals surface area contributed by atoms with E-state index in [0.717, 1.165) is 0 Å². The van der Waals surface area contributed by atoms with Gasteiger partial charge in [0.1, 0.15) is 11.6 Å². The molecule has 1 amide bonds. The van der Waals surface area contributed by atoms with Crippen molar-refractivity contribution in [2.24, 2.45) is 5.92 Å². The molecule has 1 N–H and O–H groups in total. The molecule has 2 heterocycles. The number of carbonyl (C=O) groups excluding carboxylic acids is 1. The molecule has 7 nitrogen and oxygen atoms in total. The van der Waals surface area contributed by atoms with Gasteiger partial charge >= 0.3 is 5.56 Å². The second-order valence-corrected chi connectivity index (χ2v) is 6.81. The number of hydrogen-bond donors (Lipinski definition) is 1. The van der Waals surface area contributed by atoms with Crippen LogP contribution in [0.2, 0.25) is 0 Å². The fourth-order valence-electron chi connectivity index (χ4n) is 2.75. The Morgan fingerprint density at radius 3 is 2.81 bits per heavy atom. The van der Waals surface area contributed by atoms with Gasteiger partial charge in [-0.15, -0.1) is 10.2 Å². The van der Waals surface area contributed by atoms with E-state index in [1.807, 2.05) is 13.8 Å². The molecule has 0 aliphatic carbocycles. The zero-order valence-electron chi connectivity index (χ0n) is 15.4. The predicted molar refractivity (Wildman–Crippen MR) is 99.3 cm³/mol. The number of halogens is 1. The van der Waals surface area contributed by atoms with Crippen LogP contribution in [0.15, 0.2) is 41.5 Å². The highest BCUT2D eigenvalue weighted by molar-refractivity contribution is 5.75. The quantitative estimate of drug-likeness (QED) is 0.690. The highest BCUT2D eigenvalue weighted by Gasteiger charge is 2.12. The molecule has 27 heavy (non-hydrogen) atoms. The minimum atomic E-state index is -0.419. The molecule has 1 aromatic carbocycles. The van der Waals surface area contributed by atoms with Gasteiger partial charge in [-0.05, 0) is 30.5 Å². The van der Waals surface area contributed by atoms with Crippen LogP contribution >= 0.6 is 0 Å². The van der Waals surface area contributed by atoms with Crippen LogP contribution in [0.4, 0.5) is 4.39 Å². The molecule has 0 spiro atoms. The average molecular weight is 371 g/mol. The molecule has 0 unspecified atom stereocenters. The molecule has 0 aliphatic heterocycles. The monoisotopic (exact) mass is 371 g/mol. The van der Waals surface area contributed by atoms with Crippen LogP contribution in [0, 0.1) is 11.7 Å². The van der Waals surface area contributed by atoms with E-state index in [4.69, 9.17) is 0 Å². The van der Waals surface area contributed by atoms with Crippen LogP contribution in [0.25, 0.3) is 11.3 Å². The van der Waals surface area contributed by atoms with Gasteiger partial charge in [0, 0.05) is 31.8 Å². The number of aromatic nitrogens is 4. The van der Waals surface area contributed by atoms with Crippen molar-refractivity contribution in [1.82, 2.24) is 24.5 Å². The highest BCUT2D eigenvalue weighted by atomic mass is 19.1. The largest absolute Gasteiger partial charge is 0.356 e. The molecule has 8 heteroatoms. The van der Waals surface area contributed by atoms with Crippen molar-refractivity contribution in [3.63, 3.8) is 0 Å². The Labute approximate surface area is 155 Å². The third-order valence-corrected chi connectivity index (χ3v) is 4.14. The summed E-state index contributed by atoms with van der Waals surface area (Å²) < 4.78 is 16.4. The second kappa shape index (κ2) is 8.11. The summed E-state index contributed by atoms with van der Waals surface area (Å²) in [5, 5.41) is 10.9. The lowest BCUT2D eigenvalue weighted by molar-refractivity contribution is -0.121. The van der Waals surface area contributed by atoms with Crippen LogP contribution in [-0.4, -0.2) is 31.6 Å². The van der Waals surface area contributed by atoms with Gasteiger partial charge in [0.15, 0.2) is 0 Å². The molecule has 2 aromatic heterocycles. The Morgan fingerprint density at radius 1 is 1.26 bits per heavy atom. The lowest BCUT2D eigenvalue weighted by Crippen LogP contribution is -2.27. The summed E-state index contributed by atoms with van der Waals surface area (Å²) in [5.74, 6) is 0.614. The Hall–Kier alpha value is -3.03. The Bertz CT molecular complexity index is 1010. The summed E-state index contributed by atoms with van der Waals surface area (Å²) in [6.07, 6.45) is 4.77. The zero-order chi connectivity index (χ0) is 19.4. The molecule has 0 saturated carbocycles. The number of benzene rings is 1. The molecular weight excluding hydrogens is 349 g/mol. The standard InChI is InChI=1S/C19H22FN5O2/c1-13(2)12-21-17(26)8-4-7-16-22-23-18-19(27)24(9-10-25(16)18)15-6-3-5-14(20)11-15/h3,5-6,9-11,13H,4,7-8,12H2,1-2H3,(H,21,26). The molecule has 0 aliphatic rings. The Morgan fingerprint density at radius 2 is 2.07 bits per heavy atom. The van der Waals surface area contributed by atoms with Gasteiger partial charge < -0.3 is 5.32 Å². The number of rotatable bonds is 7. The molecular formula is C19H22FN5O2. The molecule has 0 bridgehead atoms. The summed E-state index contributed by atoms with van der Waals surface area (Å²) in [5.41, 5.74) is 0.214. The first kappa shape index (κ1) is 18.8. The van der Waals surface area contributed by atoms with E-state index in [1.54, 1.807) is 28.9 Å². The smallest absolute Gasteiger partial charge is 0.300 e. The third kappa shape index (κ3) is 4.39. The fourth-order valence-corrected chi connectivity index (χ4v) is 2.75. The summed E-state index contributed by atoms with van der Waals surface area (Å²) in [6, 6.07) is 5.79. The Balaban J connectivity index is 1.73. The lowest BCUT2D eigenvalue weighted by Gasteiger charge is -2.07. The predicted octanol–water partition coefficient (Wildman–Crippen LogP) is 2.11. The maximum Gasteiger partial charge on any atom is 0.300 e. The summed E-state index contributed by atoms with van der Waals surface area (Å²) in [4.78, 5) is 24.4. The minimum Gasteiger partial charge on any atom is -0.356 e. The average Bonchev–Trinajstić information content (AvgIpc) is 3.04. The van der Waals surface area contributed by atoms with E-state index in [2.05, 4.69) is 15.5 Å². The summed E-state index contributed by atoms with van der Waals surface area (Å²) in [6.45, 7) is 4.74. The van der Waals surface area contributed by atoms with Gasteiger partial charge in [-0.25, -0.2) is 4.39 Å². The van der Waals surface area contributed by atoms with Crippen LogP contribution in [0.1, 0.15) is 32.5 Å². The van der Waals surface area contributed by atoms with Crippen LogP contribution in [0.5, 0.6) is 0 Å². The maximum absolute atomic E-state index is 13.4. The topological polar surface area (TPSA) is 81.3 Å². The molecule has 3 rings (SSSR count). The molecule has 0 radical (unpaired) electrons. The highest BCUT2D eigenvalue weighted by Crippen LogP contribution is 2.09. The van der Waals surface area contributed by atoms with Crippen molar-refractivity contribution in [2.45, 2.75) is 33.1 Å². The van der Waals surface area contributed by atoms with E-state index in [9.17, 15) is 14.0 Å². The summed E-state index contributed by atoms with van der Waals surface area (Å²) in [7, 11) is 0. The van der Waals surface area contributed by atoms with Gasteiger partial charge in [-0.1, -0.05) is 19.9 Å². The molecule has 142 valence electrons. The first-order chi connectivity index (χ1) is 13.0. The number of nitrogens with zero attached hydrogens (tertiary/aromatic N) is 4. The first-order valence-corrected chi connectivity index (χ1v) is 8.93. The summed E-state index contributed by atoms with van der Waals surface area (Å²) >= 11 is 0. The van der Waals surface area contributed by atoms with Crippen molar-refractivity contribution in [3.05, 3.63) is 58.7 Å². The zero-order valence-corrected chi connectivity index (χ0v) is 15.4. The number of amides is 1. The second-order valence-electron chi connectivity index (χ2n) is 6.81.